The van der Waals surface area contributed by atoms with Gasteiger partial charge in [0.1, 0.15) is 17.2 Å². The molecule has 0 radical (unpaired) electrons. The summed E-state index contributed by atoms with van der Waals surface area (Å²) in [5.74, 6) is 0.765. The number of hydrogen-bond acceptors (Lipinski definition) is 7. The number of benzene rings is 1. The van der Waals surface area contributed by atoms with Gasteiger partial charge in [-0.15, -0.1) is 0 Å². The van der Waals surface area contributed by atoms with E-state index in [0.29, 0.717) is 41.6 Å². The van der Waals surface area contributed by atoms with Gasteiger partial charge in [0, 0.05) is 19.2 Å². The fraction of sp³-hybridized carbons (Fsp3) is 0.400. The Balaban J connectivity index is 2.47. The molecule has 0 fully saturated rings. The molecule has 1 aromatic carbocycles. The molecular formula is C15H23N7O. The van der Waals surface area contributed by atoms with Gasteiger partial charge in [0.15, 0.2) is 5.84 Å². The Morgan fingerprint density at radius 2 is 2.00 bits per heavy atom. The van der Waals surface area contributed by atoms with E-state index >= 15 is 0 Å². The summed E-state index contributed by atoms with van der Waals surface area (Å²) in [6.07, 6.45) is 0. The van der Waals surface area contributed by atoms with Crippen LogP contribution < -0.4 is 16.2 Å². The van der Waals surface area contributed by atoms with Crippen LogP contribution in [-0.4, -0.2) is 61.5 Å². The molecule has 8 nitrogen and oxygen atoms in total. The van der Waals surface area contributed by atoms with Crippen molar-refractivity contribution in [2.75, 3.05) is 45.8 Å². The first kappa shape index (κ1) is 16.8. The first-order chi connectivity index (χ1) is 10.9. The number of nitrogens with one attached hydrogen (secondary N) is 1. The monoisotopic (exact) mass is 317 g/mol. The number of nitrogens with two attached hydrogens (primary N) is 2. The Morgan fingerprint density at radius 1 is 1.30 bits per heavy atom. The van der Waals surface area contributed by atoms with Gasteiger partial charge in [0.2, 0.25) is 0 Å². The van der Waals surface area contributed by atoms with E-state index in [-0.39, 0.29) is 5.84 Å². The lowest BCUT2D eigenvalue weighted by Gasteiger charge is -2.11. The zero-order chi connectivity index (χ0) is 17.1. The molecule has 1 heterocycles. The highest BCUT2D eigenvalue weighted by molar-refractivity contribution is 6.70. The first-order valence-electron chi connectivity index (χ1n) is 7.28. The van der Waals surface area contributed by atoms with E-state index in [1.165, 1.54) is 7.11 Å². The zero-order valence-corrected chi connectivity index (χ0v) is 13.9. The first-order valence-corrected chi connectivity index (χ1v) is 7.28. The molecule has 1 aliphatic heterocycles. The maximum Gasteiger partial charge on any atom is 0.169 e. The lowest BCUT2D eigenvalue weighted by molar-refractivity contribution is 0.417. The van der Waals surface area contributed by atoms with Crippen LogP contribution in [0.3, 0.4) is 0 Å². The Hall–Kier alpha value is -2.61. The van der Waals surface area contributed by atoms with Crippen molar-refractivity contribution in [1.29, 1.82) is 5.41 Å². The van der Waals surface area contributed by atoms with E-state index in [9.17, 15) is 0 Å². The molecule has 0 aliphatic carbocycles. The number of aliphatic imine (C=N–C) groups is 1. The molecular weight excluding hydrogens is 294 g/mol. The normalized spacial score (nSPS) is 16.4. The van der Waals surface area contributed by atoms with Gasteiger partial charge in [0.05, 0.1) is 24.2 Å². The third-order valence-electron chi connectivity index (χ3n) is 3.37. The van der Waals surface area contributed by atoms with E-state index < -0.39 is 0 Å². The Bertz CT molecular complexity index is 679. The van der Waals surface area contributed by atoms with Crippen molar-refractivity contribution >= 4 is 34.3 Å². The molecule has 1 aliphatic rings. The maximum absolute atomic E-state index is 8.26. The van der Waals surface area contributed by atoms with Gasteiger partial charge in [-0.3, -0.25) is 5.41 Å². The molecule has 1 aromatic rings. The van der Waals surface area contributed by atoms with Crippen LogP contribution in [0.2, 0.25) is 0 Å². The number of ether oxygens (including phenoxy) is 1. The average molecular weight is 317 g/mol. The van der Waals surface area contributed by atoms with Crippen LogP contribution in [0.4, 0.5) is 17.1 Å². The van der Waals surface area contributed by atoms with Crippen LogP contribution in [0.5, 0.6) is 5.75 Å². The number of hydrazone groups is 1. The number of methoxy groups -OCH3 is 1. The number of nitrogens with zero attached hydrogens (tertiary/aromatic N) is 4. The highest BCUT2D eigenvalue weighted by Crippen LogP contribution is 2.33. The van der Waals surface area contributed by atoms with Gasteiger partial charge in [-0.05, 0) is 27.1 Å². The smallest absolute Gasteiger partial charge is 0.169 e. The molecule has 0 saturated carbocycles. The Labute approximate surface area is 135 Å². The second-order valence-electron chi connectivity index (χ2n) is 5.46. The molecule has 23 heavy (non-hydrogen) atoms. The molecule has 0 aromatic heterocycles. The average Bonchev–Trinajstić information content (AvgIpc) is 2.77. The molecule has 0 spiro atoms. The summed E-state index contributed by atoms with van der Waals surface area (Å²) in [6.45, 7) is 3.13. The number of nitrogen functional groups attached to an aromatic ring is 2. The van der Waals surface area contributed by atoms with E-state index in [0.717, 1.165) is 5.71 Å². The summed E-state index contributed by atoms with van der Waals surface area (Å²) in [5.41, 5.74) is 14.5. The molecule has 0 saturated heterocycles. The SMILES string of the molecule is CCN1N=C(CN(C)C)C(=Nc2cc(OC)c(N)cc2N)C1=N. The Morgan fingerprint density at radius 3 is 2.57 bits per heavy atom. The second-order valence-corrected chi connectivity index (χ2v) is 5.46. The minimum absolute atomic E-state index is 0.263. The Kier molecular flexibility index (Phi) is 4.85. The molecule has 0 atom stereocenters. The maximum atomic E-state index is 8.26. The van der Waals surface area contributed by atoms with Gasteiger partial charge >= 0.3 is 0 Å². The highest BCUT2D eigenvalue weighted by atomic mass is 16.5. The minimum Gasteiger partial charge on any atom is -0.495 e. The molecule has 0 amide bonds. The predicted octanol–water partition coefficient (Wildman–Crippen LogP) is 1.16. The summed E-state index contributed by atoms with van der Waals surface area (Å²) in [7, 11) is 5.42. The number of amidine groups is 1. The van der Waals surface area contributed by atoms with Crippen LogP contribution in [0, 0.1) is 5.41 Å². The summed E-state index contributed by atoms with van der Waals surface area (Å²) in [4.78, 5) is 6.53. The van der Waals surface area contributed by atoms with E-state index in [1.807, 2.05) is 25.9 Å². The zero-order valence-electron chi connectivity index (χ0n) is 13.9. The van der Waals surface area contributed by atoms with Crippen molar-refractivity contribution in [2.45, 2.75) is 6.92 Å². The molecule has 0 unspecified atom stereocenters. The standard InChI is InChI=1S/C15H23N7O/c1-5-22-15(18)14(12(20-22)8-21(2)3)19-11-7-13(23-4)10(17)6-9(11)16/h6-7,18H,5,8,16-17H2,1-4H3. The quantitative estimate of drug-likeness (QED) is 0.705. The van der Waals surface area contributed by atoms with Crippen LogP contribution >= 0.6 is 0 Å². The summed E-state index contributed by atoms with van der Waals surface area (Å²) >= 11 is 0. The summed E-state index contributed by atoms with van der Waals surface area (Å²) in [5, 5.41) is 14.3. The number of anilines is 2. The molecule has 124 valence electrons. The van der Waals surface area contributed by atoms with Gasteiger partial charge in [-0.1, -0.05) is 0 Å². The molecule has 8 heteroatoms. The lowest BCUT2D eigenvalue weighted by Crippen LogP contribution is -2.31. The second kappa shape index (κ2) is 6.66. The van der Waals surface area contributed by atoms with Crippen LogP contribution in [-0.2, 0) is 0 Å². The largest absolute Gasteiger partial charge is 0.495 e. The lowest BCUT2D eigenvalue weighted by atomic mass is 10.2. The number of hydrogen-bond donors (Lipinski definition) is 3. The minimum atomic E-state index is 0.263. The van der Waals surface area contributed by atoms with Crippen LogP contribution in [0.15, 0.2) is 22.2 Å². The van der Waals surface area contributed by atoms with Gasteiger partial charge in [0.25, 0.3) is 0 Å². The molecule has 2 rings (SSSR count). The van der Waals surface area contributed by atoms with E-state index in [1.54, 1.807) is 17.1 Å². The van der Waals surface area contributed by atoms with Gasteiger partial charge in [-0.2, -0.15) is 5.10 Å². The third kappa shape index (κ3) is 3.42. The van der Waals surface area contributed by atoms with Crippen molar-refractivity contribution in [3.8, 4) is 5.75 Å². The fourth-order valence-electron chi connectivity index (χ4n) is 2.25. The van der Waals surface area contributed by atoms with Crippen molar-refractivity contribution in [3.05, 3.63) is 12.1 Å². The van der Waals surface area contributed by atoms with E-state index in [2.05, 4.69) is 10.1 Å². The highest BCUT2D eigenvalue weighted by Gasteiger charge is 2.28. The summed E-state index contributed by atoms with van der Waals surface area (Å²) in [6, 6.07) is 3.28. The van der Waals surface area contributed by atoms with E-state index in [4.69, 9.17) is 21.6 Å². The summed E-state index contributed by atoms with van der Waals surface area (Å²) < 4.78 is 5.21. The number of rotatable bonds is 5. The van der Waals surface area contributed by atoms with Crippen LogP contribution in [0.25, 0.3) is 0 Å². The van der Waals surface area contributed by atoms with Crippen molar-refractivity contribution in [3.63, 3.8) is 0 Å². The predicted molar refractivity (Wildman–Crippen MR) is 95.0 cm³/mol. The van der Waals surface area contributed by atoms with Crippen molar-refractivity contribution < 1.29 is 4.74 Å². The van der Waals surface area contributed by atoms with Gasteiger partial charge in [-0.25, -0.2) is 10.0 Å². The van der Waals surface area contributed by atoms with Crippen LogP contribution in [0.1, 0.15) is 6.92 Å². The van der Waals surface area contributed by atoms with Gasteiger partial charge < -0.3 is 21.1 Å². The van der Waals surface area contributed by atoms with Crippen molar-refractivity contribution in [2.24, 2.45) is 10.1 Å². The topological polar surface area (TPSA) is 116 Å². The molecule has 0 bridgehead atoms. The molecule has 5 N–H and O–H groups in total. The van der Waals surface area contributed by atoms with Crippen molar-refractivity contribution in [1.82, 2.24) is 9.91 Å². The third-order valence-corrected chi connectivity index (χ3v) is 3.37. The fourth-order valence-corrected chi connectivity index (χ4v) is 2.25.